The topological polar surface area (TPSA) is 98.0 Å². The van der Waals surface area contributed by atoms with Crippen molar-refractivity contribution in [3.63, 3.8) is 0 Å². The third-order valence-electron chi connectivity index (χ3n) is 3.57. The Morgan fingerprint density at radius 1 is 1.16 bits per heavy atom. The summed E-state index contributed by atoms with van der Waals surface area (Å²) in [4.78, 5) is 12.6. The molecule has 0 aliphatic heterocycles. The lowest BCUT2D eigenvalue weighted by molar-refractivity contribution is 0.312. The van der Waals surface area contributed by atoms with E-state index in [0.29, 0.717) is 30.6 Å². The molecule has 0 bridgehead atoms. The monoisotopic (exact) mass is 264 g/mol. The second kappa shape index (κ2) is 5.16. The van der Waals surface area contributed by atoms with Crippen LogP contribution in [0.3, 0.4) is 0 Å². The van der Waals surface area contributed by atoms with Crippen molar-refractivity contribution < 1.29 is 4.74 Å². The van der Waals surface area contributed by atoms with E-state index in [4.69, 9.17) is 10.6 Å². The lowest BCUT2D eigenvalue weighted by Crippen LogP contribution is -2.26. The van der Waals surface area contributed by atoms with Crippen LogP contribution in [0.15, 0.2) is 0 Å². The number of aromatic nitrogens is 3. The van der Waals surface area contributed by atoms with Crippen molar-refractivity contribution in [3.8, 4) is 6.01 Å². The number of hydrazine groups is 1. The van der Waals surface area contributed by atoms with Gasteiger partial charge in [0.1, 0.15) is 0 Å². The third-order valence-corrected chi connectivity index (χ3v) is 3.57. The van der Waals surface area contributed by atoms with Crippen LogP contribution in [0.25, 0.3) is 0 Å². The molecule has 1 aromatic heterocycles. The average Bonchev–Trinajstić information content (AvgIpc) is 3.29. The largest absolute Gasteiger partial charge is 0.464 e. The maximum atomic E-state index is 5.37. The van der Waals surface area contributed by atoms with Crippen molar-refractivity contribution in [3.05, 3.63) is 0 Å². The van der Waals surface area contributed by atoms with Crippen LogP contribution in [-0.4, -0.2) is 27.6 Å². The molecule has 2 fully saturated rings. The van der Waals surface area contributed by atoms with Crippen molar-refractivity contribution in [2.45, 2.75) is 38.6 Å². The number of hydrogen-bond donors (Lipinski definition) is 3. The summed E-state index contributed by atoms with van der Waals surface area (Å²) in [5.41, 5.74) is 2.45. The molecule has 7 heteroatoms. The number of ether oxygens (including phenoxy) is 1. The number of nitrogens with zero attached hydrogens (tertiary/aromatic N) is 3. The van der Waals surface area contributed by atoms with Gasteiger partial charge in [-0.1, -0.05) is 0 Å². The third kappa shape index (κ3) is 3.04. The molecule has 1 aromatic rings. The average molecular weight is 264 g/mol. The minimum absolute atomic E-state index is 0.304. The Morgan fingerprint density at radius 3 is 2.32 bits per heavy atom. The van der Waals surface area contributed by atoms with Gasteiger partial charge in [-0.25, -0.2) is 5.84 Å². The Bertz CT molecular complexity index is 434. The summed E-state index contributed by atoms with van der Waals surface area (Å²) in [6.07, 6.45) is 5.22. The van der Waals surface area contributed by atoms with Gasteiger partial charge in [-0.05, 0) is 44.4 Å². The van der Waals surface area contributed by atoms with E-state index in [1.807, 2.05) is 6.92 Å². The zero-order chi connectivity index (χ0) is 13.2. The van der Waals surface area contributed by atoms with Crippen molar-refractivity contribution >= 4 is 11.9 Å². The number of hydrogen-bond acceptors (Lipinski definition) is 7. The van der Waals surface area contributed by atoms with Crippen LogP contribution in [0.4, 0.5) is 11.9 Å². The van der Waals surface area contributed by atoms with E-state index in [-0.39, 0.29) is 0 Å². The van der Waals surface area contributed by atoms with Crippen LogP contribution in [0.2, 0.25) is 0 Å². The van der Waals surface area contributed by atoms with Gasteiger partial charge in [-0.15, -0.1) is 0 Å². The molecule has 1 heterocycles. The normalized spacial score (nSPS) is 18.5. The van der Waals surface area contributed by atoms with Crippen LogP contribution in [0.5, 0.6) is 6.01 Å². The molecule has 104 valence electrons. The highest BCUT2D eigenvalue weighted by Gasteiger charge is 2.41. The fourth-order valence-corrected chi connectivity index (χ4v) is 2.36. The second-order valence-electron chi connectivity index (χ2n) is 5.19. The predicted octanol–water partition coefficient (Wildman–Crippen LogP) is 1.16. The Kier molecular flexibility index (Phi) is 3.37. The number of anilines is 2. The number of nitrogens with two attached hydrogens (primary N) is 1. The van der Waals surface area contributed by atoms with Gasteiger partial charge in [0.25, 0.3) is 0 Å². The highest BCUT2D eigenvalue weighted by molar-refractivity contribution is 5.36. The summed E-state index contributed by atoms with van der Waals surface area (Å²) in [5, 5.41) is 3.44. The van der Waals surface area contributed by atoms with Crippen LogP contribution < -0.4 is 21.3 Å². The molecular weight excluding hydrogens is 244 g/mol. The van der Waals surface area contributed by atoms with Crippen molar-refractivity contribution in [1.29, 1.82) is 0 Å². The molecule has 0 aromatic carbocycles. The Labute approximate surface area is 112 Å². The molecule has 2 saturated carbocycles. The molecule has 0 unspecified atom stereocenters. The minimum atomic E-state index is 0.304. The van der Waals surface area contributed by atoms with Gasteiger partial charge in [0, 0.05) is 6.04 Å². The molecule has 2 aliphatic rings. The summed E-state index contributed by atoms with van der Waals surface area (Å²) >= 11 is 0. The van der Waals surface area contributed by atoms with Gasteiger partial charge in [0.15, 0.2) is 0 Å². The molecule has 4 N–H and O–H groups in total. The van der Waals surface area contributed by atoms with E-state index in [9.17, 15) is 0 Å². The van der Waals surface area contributed by atoms with Crippen LogP contribution >= 0.6 is 0 Å². The van der Waals surface area contributed by atoms with Gasteiger partial charge in [-0.2, -0.15) is 15.0 Å². The van der Waals surface area contributed by atoms with E-state index in [2.05, 4.69) is 25.7 Å². The van der Waals surface area contributed by atoms with Gasteiger partial charge >= 0.3 is 6.01 Å². The molecule has 3 rings (SSSR count). The molecular formula is C12H20N6O. The molecule has 0 spiro atoms. The second-order valence-corrected chi connectivity index (χ2v) is 5.19. The first kappa shape index (κ1) is 12.4. The zero-order valence-electron chi connectivity index (χ0n) is 11.1. The summed E-state index contributed by atoms with van der Waals surface area (Å²) in [7, 11) is 0. The Balaban J connectivity index is 1.75. The molecule has 19 heavy (non-hydrogen) atoms. The molecule has 2 aliphatic carbocycles. The van der Waals surface area contributed by atoms with Crippen molar-refractivity contribution in [2.75, 3.05) is 17.3 Å². The standard InChI is InChI=1S/C12H20N6O/c1-2-19-12-16-10(15-11(17-12)18-13)14-9(7-3-4-7)8-5-6-8/h7-9H,2-6,13H2,1H3,(H2,14,15,16,17,18). The minimum Gasteiger partial charge on any atom is -0.464 e. The molecule has 0 atom stereocenters. The van der Waals surface area contributed by atoms with E-state index in [0.717, 1.165) is 11.8 Å². The summed E-state index contributed by atoms with van der Waals surface area (Å²) in [5.74, 6) is 7.79. The van der Waals surface area contributed by atoms with E-state index >= 15 is 0 Å². The fraction of sp³-hybridized carbons (Fsp3) is 0.750. The van der Waals surface area contributed by atoms with Crippen LogP contribution in [-0.2, 0) is 0 Å². The Morgan fingerprint density at radius 2 is 1.79 bits per heavy atom. The maximum absolute atomic E-state index is 5.37. The summed E-state index contributed by atoms with van der Waals surface area (Å²) < 4.78 is 5.33. The number of nitrogen functional groups attached to an aromatic ring is 1. The van der Waals surface area contributed by atoms with E-state index in [1.165, 1.54) is 25.7 Å². The van der Waals surface area contributed by atoms with Gasteiger partial charge < -0.3 is 10.1 Å². The van der Waals surface area contributed by atoms with Gasteiger partial charge in [0.2, 0.25) is 11.9 Å². The van der Waals surface area contributed by atoms with Crippen LogP contribution in [0, 0.1) is 11.8 Å². The van der Waals surface area contributed by atoms with Gasteiger partial charge in [0.05, 0.1) is 6.61 Å². The first-order chi connectivity index (χ1) is 9.30. The summed E-state index contributed by atoms with van der Waals surface area (Å²) in [6, 6.07) is 0.792. The molecule has 0 saturated heterocycles. The lowest BCUT2D eigenvalue weighted by Gasteiger charge is -2.18. The zero-order valence-corrected chi connectivity index (χ0v) is 11.1. The SMILES string of the molecule is CCOc1nc(NN)nc(NC(C2CC2)C2CC2)n1. The predicted molar refractivity (Wildman–Crippen MR) is 71.7 cm³/mol. The van der Waals surface area contributed by atoms with Gasteiger partial charge in [-0.3, -0.25) is 5.43 Å². The molecule has 0 radical (unpaired) electrons. The molecule has 0 amide bonds. The van der Waals surface area contributed by atoms with E-state index in [1.54, 1.807) is 0 Å². The smallest absolute Gasteiger partial charge is 0.323 e. The summed E-state index contributed by atoms with van der Waals surface area (Å²) in [6.45, 7) is 2.41. The van der Waals surface area contributed by atoms with Crippen LogP contribution in [0.1, 0.15) is 32.6 Å². The Hall–Kier alpha value is -1.63. The highest BCUT2D eigenvalue weighted by Crippen LogP contribution is 2.45. The molecule has 7 nitrogen and oxygen atoms in total. The van der Waals surface area contributed by atoms with Crippen molar-refractivity contribution in [2.24, 2.45) is 17.7 Å². The highest BCUT2D eigenvalue weighted by atomic mass is 16.5. The number of nitrogens with one attached hydrogen (secondary N) is 2. The maximum Gasteiger partial charge on any atom is 0.323 e. The number of rotatable bonds is 7. The first-order valence-electron chi connectivity index (χ1n) is 6.92. The lowest BCUT2D eigenvalue weighted by atomic mass is 10.1. The quantitative estimate of drug-likeness (QED) is 0.502. The fourth-order valence-electron chi connectivity index (χ4n) is 2.36. The van der Waals surface area contributed by atoms with Crippen molar-refractivity contribution in [1.82, 2.24) is 15.0 Å². The first-order valence-corrected chi connectivity index (χ1v) is 6.92. The van der Waals surface area contributed by atoms with E-state index < -0.39 is 0 Å².